The van der Waals surface area contributed by atoms with Crippen LogP contribution in [0.25, 0.3) is 0 Å². The molecule has 7 nitrogen and oxygen atoms in total. The van der Waals surface area contributed by atoms with Gasteiger partial charge >= 0.3 is 6.03 Å². The number of ether oxygens (including phenoxy) is 2. The standard InChI is InChI=1S/C19H29N3O4/c1-4-25-16-10-9-15(12-17(16)26-5-2)20-19(24)21-18(23)13-22-11-7-6-8-14(22)3/h9-10,12,14H,4-8,11,13H2,1-3H3,(H2,20,21,23,24)/p+1/t14-/m0/s1. The van der Waals surface area contributed by atoms with Crippen LogP contribution in [0.1, 0.15) is 40.0 Å². The molecule has 7 heteroatoms. The number of imide groups is 1. The van der Waals surface area contributed by atoms with E-state index in [2.05, 4.69) is 17.6 Å². The topological polar surface area (TPSA) is 81.1 Å². The normalized spacial score (nSPS) is 19.5. The molecule has 0 aliphatic carbocycles. The fourth-order valence-electron chi connectivity index (χ4n) is 3.18. The second-order valence-electron chi connectivity index (χ2n) is 6.51. The van der Waals surface area contributed by atoms with Crippen LogP contribution in [0.2, 0.25) is 0 Å². The van der Waals surface area contributed by atoms with E-state index in [-0.39, 0.29) is 5.91 Å². The number of carbonyl (C=O) groups is 2. The van der Waals surface area contributed by atoms with Crippen LogP contribution < -0.4 is 25.0 Å². The van der Waals surface area contributed by atoms with Crippen LogP contribution in [0.4, 0.5) is 10.5 Å². The minimum Gasteiger partial charge on any atom is -0.490 e. The van der Waals surface area contributed by atoms with E-state index < -0.39 is 6.03 Å². The van der Waals surface area contributed by atoms with Crippen molar-refractivity contribution in [2.24, 2.45) is 0 Å². The molecule has 26 heavy (non-hydrogen) atoms. The maximum absolute atomic E-state index is 12.1. The molecule has 1 aliphatic heterocycles. The van der Waals surface area contributed by atoms with Crippen LogP contribution in [0.15, 0.2) is 18.2 Å². The molecule has 144 valence electrons. The van der Waals surface area contributed by atoms with E-state index in [1.165, 1.54) is 11.3 Å². The van der Waals surface area contributed by atoms with E-state index in [0.717, 1.165) is 19.4 Å². The number of carbonyl (C=O) groups excluding carboxylic acids is 2. The van der Waals surface area contributed by atoms with Crippen molar-refractivity contribution in [1.29, 1.82) is 0 Å². The quantitative estimate of drug-likeness (QED) is 0.686. The van der Waals surface area contributed by atoms with E-state index in [0.29, 0.717) is 43.0 Å². The van der Waals surface area contributed by atoms with E-state index in [4.69, 9.17) is 9.47 Å². The largest absolute Gasteiger partial charge is 0.490 e. The number of piperidine rings is 1. The molecular weight excluding hydrogens is 334 g/mol. The summed E-state index contributed by atoms with van der Waals surface area (Å²) in [5, 5.41) is 5.08. The smallest absolute Gasteiger partial charge is 0.326 e. The summed E-state index contributed by atoms with van der Waals surface area (Å²) < 4.78 is 11.0. The van der Waals surface area contributed by atoms with Gasteiger partial charge in [0.05, 0.1) is 25.8 Å². The van der Waals surface area contributed by atoms with Gasteiger partial charge in [0.2, 0.25) is 0 Å². The molecule has 1 fully saturated rings. The Morgan fingerprint density at radius 1 is 1.15 bits per heavy atom. The fraction of sp³-hybridized carbons (Fsp3) is 0.579. The Morgan fingerprint density at radius 2 is 1.88 bits per heavy atom. The maximum Gasteiger partial charge on any atom is 0.326 e. The molecule has 0 aromatic heterocycles. The summed E-state index contributed by atoms with van der Waals surface area (Å²) in [4.78, 5) is 25.5. The molecule has 1 unspecified atom stereocenters. The first-order chi connectivity index (χ1) is 12.5. The van der Waals surface area contributed by atoms with Crippen molar-refractivity contribution in [2.75, 3.05) is 31.6 Å². The highest BCUT2D eigenvalue weighted by Crippen LogP contribution is 2.30. The molecule has 0 radical (unpaired) electrons. The highest BCUT2D eigenvalue weighted by molar-refractivity contribution is 6.01. The van der Waals surface area contributed by atoms with Gasteiger partial charge in [-0.1, -0.05) is 0 Å². The summed E-state index contributed by atoms with van der Waals surface area (Å²) in [6.07, 6.45) is 3.47. The van der Waals surface area contributed by atoms with Gasteiger partial charge in [-0.25, -0.2) is 4.79 Å². The van der Waals surface area contributed by atoms with Crippen molar-refractivity contribution in [3.05, 3.63) is 18.2 Å². The number of anilines is 1. The van der Waals surface area contributed by atoms with Crippen LogP contribution in [-0.2, 0) is 4.79 Å². The highest BCUT2D eigenvalue weighted by Gasteiger charge is 2.24. The lowest BCUT2D eigenvalue weighted by molar-refractivity contribution is -0.920. The van der Waals surface area contributed by atoms with E-state index >= 15 is 0 Å². The Labute approximate surface area is 155 Å². The molecular formula is C19H30N3O4+. The number of benzene rings is 1. The minimum absolute atomic E-state index is 0.262. The molecule has 0 spiro atoms. The average Bonchev–Trinajstić information content (AvgIpc) is 2.59. The second kappa shape index (κ2) is 10.0. The van der Waals surface area contributed by atoms with Crippen molar-refractivity contribution in [1.82, 2.24) is 5.32 Å². The Hall–Kier alpha value is -2.28. The Morgan fingerprint density at radius 3 is 2.58 bits per heavy atom. The Kier molecular flexibility index (Phi) is 7.72. The van der Waals surface area contributed by atoms with Crippen LogP contribution in [0, 0.1) is 0 Å². The van der Waals surface area contributed by atoms with Gasteiger partial charge in [-0.15, -0.1) is 0 Å². The van der Waals surface area contributed by atoms with Gasteiger partial charge in [-0.2, -0.15) is 0 Å². The summed E-state index contributed by atoms with van der Waals surface area (Å²) in [5.74, 6) is 0.923. The minimum atomic E-state index is -0.536. The fourth-order valence-corrected chi connectivity index (χ4v) is 3.18. The third-order valence-corrected chi connectivity index (χ3v) is 4.52. The third-order valence-electron chi connectivity index (χ3n) is 4.52. The number of amides is 3. The van der Waals surface area contributed by atoms with E-state index in [9.17, 15) is 9.59 Å². The second-order valence-corrected chi connectivity index (χ2v) is 6.51. The zero-order valence-electron chi connectivity index (χ0n) is 15.9. The zero-order valence-corrected chi connectivity index (χ0v) is 15.9. The molecule has 0 saturated carbocycles. The Balaban J connectivity index is 1.90. The van der Waals surface area contributed by atoms with Crippen LogP contribution in [-0.4, -0.2) is 44.3 Å². The van der Waals surface area contributed by atoms with Gasteiger partial charge in [0, 0.05) is 11.8 Å². The molecule has 3 amide bonds. The first-order valence-electron chi connectivity index (χ1n) is 9.38. The van der Waals surface area contributed by atoms with Crippen molar-refractivity contribution in [3.63, 3.8) is 0 Å². The lowest BCUT2D eigenvalue weighted by atomic mass is 10.0. The zero-order chi connectivity index (χ0) is 18.9. The number of rotatable bonds is 7. The third kappa shape index (κ3) is 5.91. The molecule has 2 rings (SSSR count). The van der Waals surface area contributed by atoms with E-state index in [1.54, 1.807) is 18.2 Å². The molecule has 1 heterocycles. The lowest BCUT2D eigenvalue weighted by Crippen LogP contribution is -3.17. The number of hydrogen-bond acceptors (Lipinski definition) is 4. The molecule has 1 saturated heterocycles. The van der Waals surface area contributed by atoms with E-state index in [1.807, 2.05) is 13.8 Å². The van der Waals surface area contributed by atoms with Gasteiger partial charge in [-0.05, 0) is 52.2 Å². The van der Waals surface area contributed by atoms with Gasteiger partial charge in [0.1, 0.15) is 0 Å². The van der Waals surface area contributed by atoms with Crippen molar-refractivity contribution < 1.29 is 24.0 Å². The predicted octanol–water partition coefficient (Wildman–Crippen LogP) is 1.59. The summed E-state index contributed by atoms with van der Waals surface area (Å²) in [7, 11) is 0. The van der Waals surface area contributed by atoms with Crippen LogP contribution in [0.3, 0.4) is 0 Å². The molecule has 2 atom stereocenters. The molecule has 1 aromatic rings. The van der Waals surface area contributed by atoms with Crippen molar-refractivity contribution in [2.45, 2.75) is 46.1 Å². The van der Waals surface area contributed by atoms with Crippen molar-refractivity contribution >= 4 is 17.6 Å². The molecule has 3 N–H and O–H groups in total. The van der Waals surface area contributed by atoms with Gasteiger partial charge in [0.15, 0.2) is 18.0 Å². The monoisotopic (exact) mass is 364 g/mol. The summed E-state index contributed by atoms with van der Waals surface area (Å²) >= 11 is 0. The maximum atomic E-state index is 12.1. The van der Waals surface area contributed by atoms with Crippen LogP contribution >= 0.6 is 0 Å². The highest BCUT2D eigenvalue weighted by atomic mass is 16.5. The molecule has 0 bridgehead atoms. The SMILES string of the molecule is CCOc1ccc(NC(=O)NC(=O)C[NH+]2CCCC[C@@H]2C)cc1OCC. The van der Waals surface area contributed by atoms with Gasteiger partial charge in [-0.3, -0.25) is 10.1 Å². The van der Waals surface area contributed by atoms with Crippen LogP contribution in [0.5, 0.6) is 11.5 Å². The summed E-state index contributed by atoms with van der Waals surface area (Å²) in [6.45, 7) is 8.24. The average molecular weight is 364 g/mol. The number of nitrogens with one attached hydrogen (secondary N) is 3. The number of quaternary nitrogens is 1. The molecule has 1 aromatic carbocycles. The van der Waals surface area contributed by atoms with Crippen molar-refractivity contribution in [3.8, 4) is 11.5 Å². The summed E-state index contributed by atoms with van der Waals surface area (Å²) in [6, 6.07) is 5.07. The number of urea groups is 1. The van der Waals surface area contributed by atoms with Gasteiger partial charge < -0.3 is 19.7 Å². The first kappa shape index (κ1) is 20.0. The number of likely N-dealkylation sites (tertiary alicyclic amines) is 1. The summed E-state index contributed by atoms with van der Waals surface area (Å²) in [5.41, 5.74) is 0.542. The first-order valence-corrected chi connectivity index (χ1v) is 9.38. The van der Waals surface area contributed by atoms with Gasteiger partial charge in [0.25, 0.3) is 5.91 Å². The number of hydrogen-bond donors (Lipinski definition) is 3. The Bertz CT molecular complexity index is 621. The predicted molar refractivity (Wildman–Crippen MR) is 100.0 cm³/mol. The lowest BCUT2D eigenvalue weighted by Gasteiger charge is -2.29. The molecule has 1 aliphatic rings.